The van der Waals surface area contributed by atoms with Gasteiger partial charge in [0.05, 0.1) is 0 Å². The van der Waals surface area contributed by atoms with Gasteiger partial charge >= 0.3 is 7.48 Å². The summed E-state index contributed by atoms with van der Waals surface area (Å²) in [7, 11) is 0.0269. The molecule has 1 aromatic rings. The van der Waals surface area contributed by atoms with Crippen molar-refractivity contribution in [2.24, 2.45) is 0 Å². The van der Waals surface area contributed by atoms with Gasteiger partial charge in [0.2, 0.25) is 0 Å². The van der Waals surface area contributed by atoms with E-state index in [0.717, 1.165) is 11.7 Å². The highest BCUT2D eigenvalue weighted by Gasteiger charge is 1.91. The maximum Gasteiger partial charge on any atom is 0.304 e. The van der Waals surface area contributed by atoms with E-state index in [0.29, 0.717) is 5.56 Å². The SMILES string of the molecule is O=Cc1ccc(BO)cc1. The van der Waals surface area contributed by atoms with Crippen LogP contribution in [0.1, 0.15) is 10.4 Å². The summed E-state index contributed by atoms with van der Waals surface area (Å²) in [5.74, 6) is 0. The molecule has 0 heterocycles. The fourth-order valence-corrected chi connectivity index (χ4v) is 0.702. The Balaban J connectivity index is 2.90. The summed E-state index contributed by atoms with van der Waals surface area (Å²) < 4.78 is 0. The molecule has 1 N–H and O–H groups in total. The van der Waals surface area contributed by atoms with E-state index in [9.17, 15) is 4.79 Å². The predicted octanol–water partition coefficient (Wildman–Crippen LogP) is -0.532. The Morgan fingerprint density at radius 3 is 2.30 bits per heavy atom. The number of benzene rings is 1. The third-order valence-corrected chi connectivity index (χ3v) is 1.30. The third-order valence-electron chi connectivity index (χ3n) is 1.30. The lowest BCUT2D eigenvalue weighted by Gasteiger charge is -1.92. The average Bonchev–Trinajstić information content (AvgIpc) is 2.05. The molecule has 1 rings (SSSR count). The van der Waals surface area contributed by atoms with Crippen molar-refractivity contribution in [3.63, 3.8) is 0 Å². The summed E-state index contributed by atoms with van der Waals surface area (Å²) in [6.07, 6.45) is 0.779. The molecule has 0 saturated heterocycles. The molecule has 0 aliphatic heterocycles. The molecule has 1 aromatic carbocycles. The summed E-state index contributed by atoms with van der Waals surface area (Å²) in [5, 5.41) is 8.61. The summed E-state index contributed by atoms with van der Waals surface area (Å²) >= 11 is 0. The van der Waals surface area contributed by atoms with Crippen LogP contribution in [0.4, 0.5) is 0 Å². The molecule has 2 nitrogen and oxygen atoms in total. The van der Waals surface area contributed by atoms with Gasteiger partial charge < -0.3 is 5.02 Å². The molecule has 3 heteroatoms. The van der Waals surface area contributed by atoms with Gasteiger partial charge in [0.25, 0.3) is 0 Å². The maximum atomic E-state index is 10.1. The van der Waals surface area contributed by atoms with Crippen molar-refractivity contribution in [3.8, 4) is 0 Å². The van der Waals surface area contributed by atoms with Gasteiger partial charge in [0.15, 0.2) is 0 Å². The van der Waals surface area contributed by atoms with Crippen molar-refractivity contribution in [3.05, 3.63) is 29.8 Å². The minimum atomic E-state index is 0.0269. The van der Waals surface area contributed by atoms with E-state index in [-0.39, 0.29) is 7.48 Å². The highest BCUT2D eigenvalue weighted by atomic mass is 16.2. The predicted molar refractivity (Wildman–Crippen MR) is 40.8 cm³/mol. The first-order valence-corrected chi connectivity index (χ1v) is 3.02. The number of hydrogen-bond donors (Lipinski definition) is 1. The van der Waals surface area contributed by atoms with E-state index in [2.05, 4.69) is 0 Å². The van der Waals surface area contributed by atoms with Crippen LogP contribution in [0.15, 0.2) is 24.3 Å². The summed E-state index contributed by atoms with van der Waals surface area (Å²) in [6.45, 7) is 0. The molecule has 0 unspecified atom stereocenters. The van der Waals surface area contributed by atoms with E-state index in [1.165, 1.54) is 0 Å². The maximum absolute atomic E-state index is 10.1. The first kappa shape index (κ1) is 7.03. The Labute approximate surface area is 59.8 Å². The minimum Gasteiger partial charge on any atom is -0.449 e. The number of rotatable bonds is 2. The lowest BCUT2D eigenvalue weighted by molar-refractivity contribution is 0.112. The molecule has 0 atom stereocenters. The normalized spacial score (nSPS) is 8.90. The fourth-order valence-electron chi connectivity index (χ4n) is 0.702. The van der Waals surface area contributed by atoms with Crippen LogP contribution in [0, 0.1) is 0 Å². The standard InChI is InChI=1S/C7H7BO2/c9-5-6-1-3-7(8-10)4-2-6/h1-5,8,10H. The van der Waals surface area contributed by atoms with Crippen molar-refractivity contribution in [2.75, 3.05) is 0 Å². The molecular weight excluding hydrogens is 127 g/mol. The summed E-state index contributed by atoms with van der Waals surface area (Å²) in [4.78, 5) is 10.1. The van der Waals surface area contributed by atoms with Crippen LogP contribution >= 0.6 is 0 Å². The molecule has 0 aliphatic carbocycles. The topological polar surface area (TPSA) is 37.3 Å². The van der Waals surface area contributed by atoms with Gasteiger partial charge in [-0.25, -0.2) is 0 Å². The van der Waals surface area contributed by atoms with E-state index >= 15 is 0 Å². The summed E-state index contributed by atoms with van der Waals surface area (Å²) in [6, 6.07) is 6.81. The smallest absolute Gasteiger partial charge is 0.304 e. The Morgan fingerprint density at radius 1 is 1.30 bits per heavy atom. The second-order valence-electron chi connectivity index (χ2n) is 2.02. The number of aldehydes is 1. The van der Waals surface area contributed by atoms with Gasteiger partial charge in [0.1, 0.15) is 6.29 Å². The van der Waals surface area contributed by atoms with E-state index in [4.69, 9.17) is 5.02 Å². The van der Waals surface area contributed by atoms with Crippen LogP contribution in [0.5, 0.6) is 0 Å². The molecule has 0 fully saturated rings. The molecule has 0 aromatic heterocycles. The largest absolute Gasteiger partial charge is 0.449 e. The quantitative estimate of drug-likeness (QED) is 0.436. The zero-order valence-corrected chi connectivity index (χ0v) is 5.45. The van der Waals surface area contributed by atoms with Crippen LogP contribution in [0.3, 0.4) is 0 Å². The van der Waals surface area contributed by atoms with Gasteiger partial charge in [0, 0.05) is 5.56 Å². The first-order chi connectivity index (χ1) is 4.86. The van der Waals surface area contributed by atoms with Crippen LogP contribution < -0.4 is 5.46 Å². The van der Waals surface area contributed by atoms with Gasteiger partial charge in [-0.05, 0) is 0 Å². The van der Waals surface area contributed by atoms with Gasteiger partial charge in [-0.15, -0.1) is 0 Å². The molecule has 0 saturated carbocycles. The van der Waals surface area contributed by atoms with Crippen molar-refractivity contribution in [2.45, 2.75) is 0 Å². The van der Waals surface area contributed by atoms with Crippen molar-refractivity contribution < 1.29 is 9.82 Å². The number of carbonyl (C=O) groups is 1. The second-order valence-corrected chi connectivity index (χ2v) is 2.02. The van der Waals surface area contributed by atoms with Crippen LogP contribution in [0.2, 0.25) is 0 Å². The molecule has 0 spiro atoms. The van der Waals surface area contributed by atoms with Crippen molar-refractivity contribution in [1.82, 2.24) is 0 Å². The Hall–Kier alpha value is -1.09. The lowest BCUT2D eigenvalue weighted by Crippen LogP contribution is -2.12. The lowest BCUT2D eigenvalue weighted by atomic mass is 9.88. The Kier molecular flexibility index (Phi) is 2.23. The molecule has 10 heavy (non-hydrogen) atoms. The third kappa shape index (κ3) is 1.45. The number of hydrogen-bond acceptors (Lipinski definition) is 2. The zero-order valence-electron chi connectivity index (χ0n) is 5.45. The van der Waals surface area contributed by atoms with Crippen LogP contribution in [-0.4, -0.2) is 18.8 Å². The van der Waals surface area contributed by atoms with E-state index in [1.54, 1.807) is 24.3 Å². The highest BCUT2D eigenvalue weighted by molar-refractivity contribution is 6.45. The second kappa shape index (κ2) is 3.18. The molecule has 50 valence electrons. The molecule has 0 aliphatic rings. The Bertz CT molecular complexity index is 218. The molecular formula is C7H7BO2. The molecule has 0 radical (unpaired) electrons. The minimum absolute atomic E-state index is 0.0269. The average molecular weight is 134 g/mol. The molecule has 0 bridgehead atoms. The summed E-state index contributed by atoms with van der Waals surface area (Å²) in [5.41, 5.74) is 1.46. The van der Waals surface area contributed by atoms with E-state index < -0.39 is 0 Å². The van der Waals surface area contributed by atoms with Crippen LogP contribution in [0.25, 0.3) is 0 Å². The highest BCUT2D eigenvalue weighted by Crippen LogP contribution is 1.90. The first-order valence-electron chi connectivity index (χ1n) is 3.02. The number of carbonyl (C=O) groups excluding carboxylic acids is 1. The molecule has 0 amide bonds. The van der Waals surface area contributed by atoms with Gasteiger partial charge in [-0.3, -0.25) is 4.79 Å². The van der Waals surface area contributed by atoms with Crippen LogP contribution in [-0.2, 0) is 0 Å². The van der Waals surface area contributed by atoms with Gasteiger partial charge in [-0.2, -0.15) is 0 Å². The zero-order chi connectivity index (χ0) is 7.40. The Morgan fingerprint density at radius 2 is 1.90 bits per heavy atom. The van der Waals surface area contributed by atoms with E-state index in [1.807, 2.05) is 0 Å². The fraction of sp³-hybridized carbons (Fsp3) is 0. The van der Waals surface area contributed by atoms with Gasteiger partial charge in [-0.1, -0.05) is 29.7 Å². The van der Waals surface area contributed by atoms with Crippen molar-refractivity contribution in [1.29, 1.82) is 0 Å². The van der Waals surface area contributed by atoms with Crippen molar-refractivity contribution >= 4 is 19.2 Å². The monoisotopic (exact) mass is 134 g/mol.